The lowest BCUT2D eigenvalue weighted by atomic mass is 9.98. The number of halogens is 2. The summed E-state index contributed by atoms with van der Waals surface area (Å²) in [7, 11) is 0. The summed E-state index contributed by atoms with van der Waals surface area (Å²) < 4.78 is 34.4. The number of rotatable bonds is 8. The van der Waals surface area contributed by atoms with Gasteiger partial charge in [-0.2, -0.15) is 8.78 Å². The summed E-state index contributed by atoms with van der Waals surface area (Å²) in [6.45, 7) is 5.20. The summed E-state index contributed by atoms with van der Waals surface area (Å²) in [5.41, 5.74) is 0.401. The van der Waals surface area contributed by atoms with Gasteiger partial charge in [-0.05, 0) is 45.4 Å². The quantitative estimate of drug-likeness (QED) is 0.775. The zero-order valence-corrected chi connectivity index (χ0v) is 12.8. The molecule has 1 rings (SSSR count). The van der Waals surface area contributed by atoms with Crippen LogP contribution in [-0.4, -0.2) is 30.0 Å². The first-order valence-corrected chi connectivity index (χ1v) is 6.90. The van der Waals surface area contributed by atoms with E-state index < -0.39 is 18.3 Å². The van der Waals surface area contributed by atoms with Crippen LogP contribution in [0.3, 0.4) is 0 Å². The molecule has 0 aliphatic carbocycles. The minimum atomic E-state index is -2.89. The van der Waals surface area contributed by atoms with Gasteiger partial charge >= 0.3 is 6.61 Å². The van der Waals surface area contributed by atoms with Crippen LogP contribution in [0, 0.1) is 0 Å². The van der Waals surface area contributed by atoms with Gasteiger partial charge < -0.3 is 19.9 Å². The molecule has 21 heavy (non-hydrogen) atoms. The molecule has 2 N–H and O–H groups in total. The Bertz CT molecular complexity index is 451. The Morgan fingerprint density at radius 1 is 1.29 bits per heavy atom. The van der Waals surface area contributed by atoms with Crippen molar-refractivity contribution in [3.8, 4) is 11.5 Å². The molecule has 0 bridgehead atoms. The van der Waals surface area contributed by atoms with Gasteiger partial charge in [0, 0.05) is 12.1 Å². The Balaban J connectivity index is 2.83. The third-order valence-electron chi connectivity index (χ3n) is 3.32. The Kier molecular flexibility index (Phi) is 6.36. The highest BCUT2D eigenvalue weighted by Gasteiger charge is 2.23. The lowest BCUT2D eigenvalue weighted by Gasteiger charge is -2.29. The highest BCUT2D eigenvalue weighted by atomic mass is 19.3. The van der Waals surface area contributed by atoms with E-state index in [0.717, 1.165) is 5.56 Å². The predicted octanol–water partition coefficient (Wildman–Crippen LogP) is 2.94. The highest BCUT2D eigenvalue weighted by Crippen LogP contribution is 2.30. The molecule has 0 spiro atoms. The van der Waals surface area contributed by atoms with Crippen LogP contribution < -0.4 is 14.8 Å². The van der Waals surface area contributed by atoms with Crippen molar-refractivity contribution in [1.82, 2.24) is 5.32 Å². The molecule has 0 aliphatic rings. The molecule has 120 valence electrons. The van der Waals surface area contributed by atoms with Crippen LogP contribution in [0.5, 0.6) is 11.5 Å². The van der Waals surface area contributed by atoms with Crippen LogP contribution in [0.15, 0.2) is 18.2 Å². The molecular formula is C15H23F2NO3. The van der Waals surface area contributed by atoms with E-state index in [1.165, 1.54) is 6.07 Å². The zero-order chi connectivity index (χ0) is 16.0. The normalized spacial score (nSPS) is 13.3. The number of hydrogen-bond acceptors (Lipinski definition) is 4. The Labute approximate surface area is 124 Å². The lowest BCUT2D eigenvalue weighted by Crippen LogP contribution is -2.47. The van der Waals surface area contributed by atoms with E-state index in [0.29, 0.717) is 13.2 Å². The second kappa shape index (κ2) is 7.56. The van der Waals surface area contributed by atoms with Crippen molar-refractivity contribution in [2.45, 2.75) is 52.5 Å². The third-order valence-corrected chi connectivity index (χ3v) is 3.32. The molecule has 1 aromatic carbocycles. The van der Waals surface area contributed by atoms with Crippen molar-refractivity contribution in [1.29, 1.82) is 0 Å². The molecule has 6 heteroatoms. The molecular weight excluding hydrogens is 280 g/mol. The standard InChI is InChI=1S/C15H23F2NO3/c1-5-20-13-8-11(6-7-12(13)21-14(16)17)9-18-15(3,4)10(2)19/h6-8,10,14,18-19H,5,9H2,1-4H3. The first-order chi connectivity index (χ1) is 9.76. The first kappa shape index (κ1) is 17.7. The van der Waals surface area contributed by atoms with Gasteiger partial charge in [0.2, 0.25) is 0 Å². The van der Waals surface area contributed by atoms with E-state index in [-0.39, 0.29) is 11.5 Å². The number of alkyl halides is 2. The van der Waals surface area contributed by atoms with Gasteiger partial charge in [-0.1, -0.05) is 6.07 Å². The van der Waals surface area contributed by atoms with Crippen molar-refractivity contribution in [3.05, 3.63) is 23.8 Å². The number of aliphatic hydroxyl groups excluding tert-OH is 1. The molecule has 0 heterocycles. The fourth-order valence-electron chi connectivity index (χ4n) is 1.60. The predicted molar refractivity (Wildman–Crippen MR) is 76.8 cm³/mol. The largest absolute Gasteiger partial charge is 0.490 e. The Morgan fingerprint density at radius 3 is 2.48 bits per heavy atom. The van der Waals surface area contributed by atoms with E-state index in [2.05, 4.69) is 10.1 Å². The van der Waals surface area contributed by atoms with E-state index in [1.54, 1.807) is 26.0 Å². The average Bonchev–Trinajstić information content (AvgIpc) is 2.38. The van der Waals surface area contributed by atoms with Crippen molar-refractivity contribution in [2.75, 3.05) is 6.61 Å². The van der Waals surface area contributed by atoms with Crippen molar-refractivity contribution in [2.24, 2.45) is 0 Å². The lowest BCUT2D eigenvalue weighted by molar-refractivity contribution is -0.0514. The van der Waals surface area contributed by atoms with Gasteiger partial charge in [0.1, 0.15) is 0 Å². The van der Waals surface area contributed by atoms with Gasteiger partial charge in [0.15, 0.2) is 11.5 Å². The smallest absolute Gasteiger partial charge is 0.387 e. The molecule has 0 amide bonds. The topological polar surface area (TPSA) is 50.7 Å². The summed E-state index contributed by atoms with van der Waals surface area (Å²) in [6, 6.07) is 4.81. The Morgan fingerprint density at radius 2 is 1.95 bits per heavy atom. The molecule has 4 nitrogen and oxygen atoms in total. The molecule has 0 saturated heterocycles. The molecule has 1 aromatic rings. The van der Waals surface area contributed by atoms with E-state index in [1.807, 2.05) is 13.8 Å². The molecule has 0 radical (unpaired) electrons. The van der Waals surface area contributed by atoms with Crippen molar-refractivity contribution < 1.29 is 23.4 Å². The zero-order valence-electron chi connectivity index (χ0n) is 12.8. The monoisotopic (exact) mass is 303 g/mol. The Hall–Kier alpha value is -1.40. The molecule has 0 saturated carbocycles. The van der Waals surface area contributed by atoms with E-state index in [9.17, 15) is 13.9 Å². The first-order valence-electron chi connectivity index (χ1n) is 6.90. The van der Waals surface area contributed by atoms with Crippen molar-refractivity contribution in [3.63, 3.8) is 0 Å². The molecule has 0 aliphatic heterocycles. The van der Waals surface area contributed by atoms with E-state index >= 15 is 0 Å². The van der Waals surface area contributed by atoms with Crippen molar-refractivity contribution >= 4 is 0 Å². The van der Waals surface area contributed by atoms with Gasteiger partial charge in [0.25, 0.3) is 0 Å². The minimum absolute atomic E-state index is 0.0189. The summed E-state index contributed by atoms with van der Waals surface area (Å²) in [4.78, 5) is 0. The number of hydrogen-bond donors (Lipinski definition) is 2. The fourth-order valence-corrected chi connectivity index (χ4v) is 1.60. The summed E-state index contributed by atoms with van der Waals surface area (Å²) in [5, 5.41) is 12.9. The van der Waals surface area contributed by atoms with Gasteiger partial charge in [-0.25, -0.2) is 0 Å². The summed E-state index contributed by atoms with van der Waals surface area (Å²) in [5.74, 6) is 0.303. The van der Waals surface area contributed by atoms with Crippen LogP contribution in [0.2, 0.25) is 0 Å². The van der Waals surface area contributed by atoms with Crippen LogP contribution in [0.4, 0.5) is 8.78 Å². The summed E-state index contributed by atoms with van der Waals surface area (Å²) in [6.07, 6.45) is -0.523. The molecule has 0 fully saturated rings. The van der Waals surface area contributed by atoms with Crippen LogP contribution >= 0.6 is 0 Å². The second-order valence-corrected chi connectivity index (χ2v) is 5.34. The van der Waals surface area contributed by atoms with Crippen LogP contribution in [-0.2, 0) is 6.54 Å². The average molecular weight is 303 g/mol. The molecule has 1 unspecified atom stereocenters. The maximum absolute atomic E-state index is 12.3. The number of benzene rings is 1. The second-order valence-electron chi connectivity index (χ2n) is 5.34. The maximum Gasteiger partial charge on any atom is 0.387 e. The molecule has 1 atom stereocenters. The number of aliphatic hydroxyl groups is 1. The SMILES string of the molecule is CCOc1cc(CNC(C)(C)C(C)O)ccc1OC(F)F. The fraction of sp³-hybridized carbons (Fsp3) is 0.600. The number of ether oxygens (including phenoxy) is 2. The van der Waals surface area contributed by atoms with Crippen LogP contribution in [0.25, 0.3) is 0 Å². The van der Waals surface area contributed by atoms with Gasteiger partial charge in [-0.3, -0.25) is 0 Å². The van der Waals surface area contributed by atoms with Gasteiger partial charge in [0.05, 0.1) is 12.7 Å². The molecule has 0 aromatic heterocycles. The maximum atomic E-state index is 12.3. The van der Waals surface area contributed by atoms with Gasteiger partial charge in [-0.15, -0.1) is 0 Å². The summed E-state index contributed by atoms with van der Waals surface area (Å²) >= 11 is 0. The number of nitrogens with one attached hydrogen (secondary N) is 1. The third kappa shape index (κ3) is 5.47. The van der Waals surface area contributed by atoms with Crippen LogP contribution in [0.1, 0.15) is 33.3 Å². The van der Waals surface area contributed by atoms with E-state index in [4.69, 9.17) is 4.74 Å². The minimum Gasteiger partial charge on any atom is -0.490 e. The highest BCUT2D eigenvalue weighted by molar-refractivity contribution is 5.43.